The molecule has 7 heteroatoms. The minimum absolute atomic E-state index is 0.221. The van der Waals surface area contributed by atoms with E-state index in [-0.39, 0.29) is 6.03 Å². The van der Waals surface area contributed by atoms with Crippen molar-refractivity contribution in [2.24, 2.45) is 0 Å². The monoisotopic (exact) mass is 295 g/mol. The lowest BCUT2D eigenvalue weighted by atomic mass is 10.3. The minimum Gasteiger partial charge on any atom is -0.482 e. The zero-order valence-electron chi connectivity index (χ0n) is 12.3. The fraction of sp³-hybridized carbons (Fsp3) is 0.429. The van der Waals surface area contributed by atoms with Crippen LogP contribution in [0.2, 0.25) is 0 Å². The summed E-state index contributed by atoms with van der Waals surface area (Å²) < 4.78 is 5.06. The Bertz CT molecular complexity index is 479. The number of hydrogen-bond donors (Lipinski definition) is 3. The number of carboxylic acids is 1. The van der Waals surface area contributed by atoms with E-state index >= 15 is 0 Å². The van der Waals surface area contributed by atoms with Crippen molar-refractivity contribution in [2.45, 2.75) is 6.42 Å². The van der Waals surface area contributed by atoms with Crippen molar-refractivity contribution in [2.75, 3.05) is 39.1 Å². The number of nitrogens with one attached hydrogen (secondary N) is 2. The van der Waals surface area contributed by atoms with E-state index in [9.17, 15) is 9.59 Å². The second-order valence-corrected chi connectivity index (χ2v) is 4.52. The standard InChI is InChI=1S/C14H21N3O4/c1-15-7-4-8-17(2)14(20)16-11-5-3-6-12(9-11)21-10-13(18)19/h3,5-6,9,15H,4,7-8,10H2,1-2H3,(H,16,20)(H,18,19). The number of aliphatic carboxylic acids is 1. The van der Waals surface area contributed by atoms with Crippen molar-refractivity contribution in [3.63, 3.8) is 0 Å². The van der Waals surface area contributed by atoms with Gasteiger partial charge in [-0.05, 0) is 32.1 Å². The van der Waals surface area contributed by atoms with Crippen LogP contribution in [0.15, 0.2) is 24.3 Å². The lowest BCUT2D eigenvalue weighted by Gasteiger charge is -2.18. The lowest BCUT2D eigenvalue weighted by Crippen LogP contribution is -2.33. The maximum Gasteiger partial charge on any atom is 0.341 e. The van der Waals surface area contributed by atoms with Crippen LogP contribution in [0.25, 0.3) is 0 Å². The molecule has 0 heterocycles. The molecule has 0 atom stereocenters. The van der Waals surface area contributed by atoms with Gasteiger partial charge in [0.2, 0.25) is 0 Å². The van der Waals surface area contributed by atoms with Crippen LogP contribution in [0.5, 0.6) is 5.75 Å². The maximum atomic E-state index is 11.9. The Morgan fingerprint density at radius 3 is 2.81 bits per heavy atom. The number of benzene rings is 1. The highest BCUT2D eigenvalue weighted by atomic mass is 16.5. The number of rotatable bonds is 8. The summed E-state index contributed by atoms with van der Waals surface area (Å²) in [4.78, 5) is 24.0. The number of anilines is 1. The van der Waals surface area contributed by atoms with Gasteiger partial charge in [-0.1, -0.05) is 6.07 Å². The molecule has 1 rings (SSSR count). The zero-order chi connectivity index (χ0) is 15.7. The number of hydrogen-bond acceptors (Lipinski definition) is 4. The van der Waals surface area contributed by atoms with E-state index in [1.54, 1.807) is 36.2 Å². The van der Waals surface area contributed by atoms with Crippen LogP contribution < -0.4 is 15.4 Å². The number of nitrogens with zero attached hydrogens (tertiary/aromatic N) is 1. The molecule has 21 heavy (non-hydrogen) atoms. The van der Waals surface area contributed by atoms with Gasteiger partial charge in [-0.15, -0.1) is 0 Å². The van der Waals surface area contributed by atoms with Crippen LogP contribution >= 0.6 is 0 Å². The predicted octanol–water partition coefficient (Wildman–Crippen LogP) is 1.22. The number of amides is 2. The van der Waals surface area contributed by atoms with Crippen molar-refractivity contribution in [1.82, 2.24) is 10.2 Å². The molecule has 116 valence electrons. The van der Waals surface area contributed by atoms with Crippen molar-refractivity contribution in [1.29, 1.82) is 0 Å². The second kappa shape index (κ2) is 8.80. The van der Waals surface area contributed by atoms with Gasteiger partial charge in [-0.3, -0.25) is 0 Å². The lowest BCUT2D eigenvalue weighted by molar-refractivity contribution is -0.139. The summed E-state index contributed by atoms with van der Waals surface area (Å²) >= 11 is 0. The minimum atomic E-state index is -1.05. The third kappa shape index (κ3) is 6.62. The number of carbonyl (C=O) groups is 2. The van der Waals surface area contributed by atoms with Gasteiger partial charge < -0.3 is 25.4 Å². The summed E-state index contributed by atoms with van der Waals surface area (Å²) in [5.74, 6) is -0.651. The molecule has 0 aromatic heterocycles. The molecule has 0 saturated heterocycles. The summed E-state index contributed by atoms with van der Waals surface area (Å²) in [5.41, 5.74) is 0.559. The van der Waals surface area contributed by atoms with Gasteiger partial charge in [-0.25, -0.2) is 9.59 Å². The van der Waals surface area contributed by atoms with Gasteiger partial charge in [0.15, 0.2) is 6.61 Å². The van der Waals surface area contributed by atoms with Crippen LogP contribution in [0.1, 0.15) is 6.42 Å². The van der Waals surface area contributed by atoms with E-state index < -0.39 is 12.6 Å². The van der Waals surface area contributed by atoms with E-state index in [1.165, 1.54) is 0 Å². The summed E-state index contributed by atoms with van der Waals surface area (Å²) in [6, 6.07) is 6.40. The SMILES string of the molecule is CNCCCN(C)C(=O)Nc1cccc(OCC(=O)O)c1. The fourth-order valence-electron chi connectivity index (χ4n) is 1.62. The smallest absolute Gasteiger partial charge is 0.341 e. The highest BCUT2D eigenvalue weighted by molar-refractivity contribution is 5.89. The number of carbonyl (C=O) groups excluding carboxylic acids is 1. The first-order valence-corrected chi connectivity index (χ1v) is 6.64. The van der Waals surface area contributed by atoms with Crippen LogP contribution in [0.4, 0.5) is 10.5 Å². The molecule has 0 unspecified atom stereocenters. The molecule has 2 amide bonds. The highest BCUT2D eigenvalue weighted by Gasteiger charge is 2.09. The Morgan fingerprint density at radius 1 is 1.38 bits per heavy atom. The molecule has 3 N–H and O–H groups in total. The summed E-state index contributed by atoms with van der Waals surface area (Å²) in [7, 11) is 3.58. The summed E-state index contributed by atoms with van der Waals surface area (Å²) in [5, 5.41) is 14.3. The van der Waals surface area contributed by atoms with Crippen LogP contribution in [0, 0.1) is 0 Å². The van der Waals surface area contributed by atoms with Crippen molar-refractivity contribution in [3.05, 3.63) is 24.3 Å². The Morgan fingerprint density at radius 2 is 2.14 bits per heavy atom. The first kappa shape index (κ1) is 16.8. The summed E-state index contributed by atoms with van der Waals surface area (Å²) in [6.45, 7) is 1.07. The quantitative estimate of drug-likeness (QED) is 0.627. The molecular formula is C14H21N3O4. The molecule has 0 bridgehead atoms. The third-order valence-electron chi connectivity index (χ3n) is 2.71. The number of ether oxygens (including phenoxy) is 1. The molecular weight excluding hydrogens is 274 g/mol. The van der Waals surface area contributed by atoms with Crippen molar-refractivity contribution >= 4 is 17.7 Å². The normalized spacial score (nSPS) is 10.0. The Hall–Kier alpha value is -2.28. The van der Waals surface area contributed by atoms with Gasteiger partial charge in [0, 0.05) is 25.3 Å². The first-order valence-electron chi connectivity index (χ1n) is 6.64. The Labute approximate surface area is 123 Å². The Kier molecular flexibility index (Phi) is 7.03. The van der Waals surface area contributed by atoms with Gasteiger partial charge in [0.25, 0.3) is 0 Å². The van der Waals surface area contributed by atoms with E-state index in [0.29, 0.717) is 18.0 Å². The molecule has 1 aromatic rings. The molecule has 0 fully saturated rings. The highest BCUT2D eigenvalue weighted by Crippen LogP contribution is 2.17. The fourth-order valence-corrected chi connectivity index (χ4v) is 1.62. The van der Waals surface area contributed by atoms with Gasteiger partial charge in [0.05, 0.1) is 0 Å². The summed E-state index contributed by atoms with van der Waals surface area (Å²) in [6.07, 6.45) is 0.863. The molecule has 0 aliphatic carbocycles. The average Bonchev–Trinajstić information content (AvgIpc) is 2.45. The molecule has 0 aliphatic heterocycles. The molecule has 0 aliphatic rings. The van der Waals surface area contributed by atoms with Gasteiger partial charge >= 0.3 is 12.0 Å². The Balaban J connectivity index is 2.51. The average molecular weight is 295 g/mol. The molecule has 0 saturated carbocycles. The van der Waals surface area contributed by atoms with E-state index in [4.69, 9.17) is 9.84 Å². The maximum absolute atomic E-state index is 11.9. The topological polar surface area (TPSA) is 90.9 Å². The van der Waals surface area contributed by atoms with E-state index in [0.717, 1.165) is 13.0 Å². The second-order valence-electron chi connectivity index (χ2n) is 4.52. The van der Waals surface area contributed by atoms with Gasteiger partial charge in [0.1, 0.15) is 5.75 Å². The zero-order valence-corrected chi connectivity index (χ0v) is 12.3. The van der Waals surface area contributed by atoms with Crippen LogP contribution in [-0.2, 0) is 4.79 Å². The molecule has 1 aromatic carbocycles. The van der Waals surface area contributed by atoms with Crippen molar-refractivity contribution < 1.29 is 19.4 Å². The number of urea groups is 1. The van der Waals surface area contributed by atoms with Crippen LogP contribution in [0.3, 0.4) is 0 Å². The van der Waals surface area contributed by atoms with E-state index in [1.807, 2.05) is 7.05 Å². The molecule has 0 spiro atoms. The number of carboxylic acid groups (broad SMARTS) is 1. The largest absolute Gasteiger partial charge is 0.482 e. The predicted molar refractivity (Wildman–Crippen MR) is 79.8 cm³/mol. The van der Waals surface area contributed by atoms with E-state index in [2.05, 4.69) is 10.6 Å². The van der Waals surface area contributed by atoms with Gasteiger partial charge in [-0.2, -0.15) is 0 Å². The molecule has 7 nitrogen and oxygen atoms in total. The molecule has 0 radical (unpaired) electrons. The van der Waals surface area contributed by atoms with Crippen molar-refractivity contribution in [3.8, 4) is 5.75 Å². The van der Waals surface area contributed by atoms with Crippen LogP contribution in [-0.4, -0.2) is 55.8 Å². The third-order valence-corrected chi connectivity index (χ3v) is 2.71. The first-order chi connectivity index (χ1) is 10.0.